The first-order chi connectivity index (χ1) is 10.7. The minimum atomic E-state index is -0.839. The zero-order valence-corrected chi connectivity index (χ0v) is 14.3. The first kappa shape index (κ1) is 15.9. The Morgan fingerprint density at radius 2 is 1.87 bits per heavy atom. The second kappa shape index (κ2) is 5.31. The van der Waals surface area contributed by atoms with Gasteiger partial charge in [0, 0.05) is 13.0 Å². The predicted molar refractivity (Wildman–Crippen MR) is 89.4 cm³/mol. The summed E-state index contributed by atoms with van der Waals surface area (Å²) >= 11 is 0. The quantitative estimate of drug-likeness (QED) is 0.946. The third-order valence-electron chi connectivity index (χ3n) is 4.48. The van der Waals surface area contributed by atoms with E-state index in [1.807, 2.05) is 28.8 Å². The van der Waals surface area contributed by atoms with Crippen molar-refractivity contribution >= 4 is 5.78 Å². The van der Waals surface area contributed by atoms with Gasteiger partial charge in [-0.3, -0.25) is 4.79 Å². The lowest BCUT2D eigenvalue weighted by Crippen LogP contribution is -2.28. The molecule has 1 N–H and O–H groups in total. The first-order valence-electron chi connectivity index (χ1n) is 8.05. The molecule has 2 aromatic rings. The van der Waals surface area contributed by atoms with E-state index in [0.717, 1.165) is 28.9 Å². The summed E-state index contributed by atoms with van der Waals surface area (Å²) in [5.41, 5.74) is 2.81. The topological polar surface area (TPSA) is 55.1 Å². The van der Waals surface area contributed by atoms with E-state index in [0.29, 0.717) is 13.0 Å². The van der Waals surface area contributed by atoms with Gasteiger partial charge in [-0.2, -0.15) is 0 Å². The van der Waals surface area contributed by atoms with Crippen LogP contribution in [0.25, 0.3) is 0 Å². The lowest BCUT2D eigenvalue weighted by Gasteiger charge is -2.28. The van der Waals surface area contributed by atoms with Gasteiger partial charge in [-0.1, -0.05) is 38.1 Å². The minimum absolute atomic E-state index is 0.00236. The van der Waals surface area contributed by atoms with Gasteiger partial charge < -0.3 is 9.67 Å². The Morgan fingerprint density at radius 1 is 1.22 bits per heavy atom. The number of carbonyl (C=O) groups is 1. The minimum Gasteiger partial charge on any atom is -0.386 e. The van der Waals surface area contributed by atoms with E-state index in [-0.39, 0.29) is 11.2 Å². The molecule has 0 fully saturated rings. The smallest absolute Gasteiger partial charge is 0.181 e. The van der Waals surface area contributed by atoms with Gasteiger partial charge in [-0.05, 0) is 36.8 Å². The Labute approximate surface area is 137 Å². The molecule has 1 aliphatic carbocycles. The zero-order chi connectivity index (χ0) is 16.8. The molecule has 122 valence electrons. The number of aromatic nitrogens is 2. The molecule has 0 bridgehead atoms. The summed E-state index contributed by atoms with van der Waals surface area (Å²) in [6.45, 7) is 8.40. The van der Waals surface area contributed by atoms with Gasteiger partial charge in [-0.15, -0.1) is 0 Å². The van der Waals surface area contributed by atoms with E-state index in [1.165, 1.54) is 0 Å². The Bertz CT molecular complexity index is 734. The molecule has 0 radical (unpaired) electrons. The highest BCUT2D eigenvalue weighted by Crippen LogP contribution is 2.34. The molecule has 0 atom stereocenters. The van der Waals surface area contributed by atoms with Crippen molar-refractivity contribution in [1.29, 1.82) is 0 Å². The average Bonchev–Trinajstić information content (AvgIpc) is 2.79. The molecular weight excluding hydrogens is 288 g/mol. The van der Waals surface area contributed by atoms with Crippen LogP contribution < -0.4 is 0 Å². The van der Waals surface area contributed by atoms with Crippen molar-refractivity contribution in [2.45, 2.75) is 52.7 Å². The molecule has 0 amide bonds. The van der Waals surface area contributed by atoms with Gasteiger partial charge in [0.05, 0.1) is 17.6 Å². The third kappa shape index (κ3) is 3.22. The number of aliphatic hydroxyl groups is 1. The van der Waals surface area contributed by atoms with Gasteiger partial charge >= 0.3 is 0 Å². The number of carbonyl (C=O) groups excluding carboxylic acids is 1. The number of hydrogen-bond acceptors (Lipinski definition) is 3. The predicted octanol–water partition coefficient (Wildman–Crippen LogP) is 3.31. The van der Waals surface area contributed by atoms with E-state index in [2.05, 4.69) is 18.8 Å². The maximum Gasteiger partial charge on any atom is 0.181 e. The number of hydrogen-bond donors (Lipinski definition) is 1. The lowest BCUT2D eigenvalue weighted by molar-refractivity contribution is 0.0785. The van der Waals surface area contributed by atoms with E-state index in [4.69, 9.17) is 0 Å². The number of fused-ring (bicyclic) bond motifs is 1. The van der Waals surface area contributed by atoms with Crippen molar-refractivity contribution in [3.8, 4) is 0 Å². The van der Waals surface area contributed by atoms with Gasteiger partial charge in [0.25, 0.3) is 0 Å². The second-order valence-corrected chi connectivity index (χ2v) is 7.86. The summed E-state index contributed by atoms with van der Waals surface area (Å²) in [5, 5.41) is 10.0. The summed E-state index contributed by atoms with van der Waals surface area (Å²) in [7, 11) is 0. The van der Waals surface area contributed by atoms with Gasteiger partial charge in [0.1, 0.15) is 5.69 Å². The molecule has 3 rings (SSSR count). The Morgan fingerprint density at radius 3 is 2.48 bits per heavy atom. The van der Waals surface area contributed by atoms with E-state index >= 15 is 0 Å². The Kier molecular flexibility index (Phi) is 3.68. The largest absolute Gasteiger partial charge is 0.386 e. The van der Waals surface area contributed by atoms with Crippen LogP contribution in [-0.2, 0) is 18.6 Å². The normalized spacial score (nSPS) is 17.2. The van der Waals surface area contributed by atoms with E-state index < -0.39 is 5.60 Å². The van der Waals surface area contributed by atoms with Crippen molar-refractivity contribution in [2.24, 2.45) is 5.41 Å². The van der Waals surface area contributed by atoms with Crippen LogP contribution in [0.2, 0.25) is 0 Å². The number of rotatable bonds is 3. The summed E-state index contributed by atoms with van der Waals surface area (Å²) in [6.07, 6.45) is 3.19. The van der Waals surface area contributed by atoms with Crippen molar-refractivity contribution in [3.05, 3.63) is 53.1 Å². The maximum absolute atomic E-state index is 12.5. The summed E-state index contributed by atoms with van der Waals surface area (Å²) in [4.78, 5) is 16.9. The molecule has 4 heteroatoms. The Hall–Kier alpha value is -1.94. The number of imidazole rings is 1. The lowest BCUT2D eigenvalue weighted by atomic mass is 9.77. The molecule has 0 spiro atoms. The number of benzene rings is 1. The third-order valence-corrected chi connectivity index (χ3v) is 4.48. The maximum atomic E-state index is 12.5. The number of Topliss-reactive ketones (excluding diaryl/α,β-unsaturated/α-hetero) is 1. The molecular formula is C19H24N2O2. The molecule has 1 heterocycles. The van der Waals surface area contributed by atoms with Crippen LogP contribution in [0.3, 0.4) is 0 Å². The van der Waals surface area contributed by atoms with Crippen molar-refractivity contribution in [2.75, 3.05) is 0 Å². The first-order valence-corrected chi connectivity index (χ1v) is 8.05. The fourth-order valence-corrected chi connectivity index (χ4v) is 3.24. The number of ketones is 1. The van der Waals surface area contributed by atoms with Crippen molar-refractivity contribution < 1.29 is 9.90 Å². The average molecular weight is 312 g/mol. The fourth-order valence-electron chi connectivity index (χ4n) is 3.24. The molecule has 0 saturated heterocycles. The highest BCUT2D eigenvalue weighted by Gasteiger charge is 2.34. The summed E-state index contributed by atoms with van der Waals surface area (Å²) < 4.78 is 1.95. The molecule has 4 nitrogen and oxygen atoms in total. The van der Waals surface area contributed by atoms with Gasteiger partial charge in [-0.25, -0.2) is 4.98 Å². The van der Waals surface area contributed by atoms with Crippen LogP contribution in [0.4, 0.5) is 0 Å². The van der Waals surface area contributed by atoms with Crippen LogP contribution in [0, 0.1) is 5.41 Å². The van der Waals surface area contributed by atoms with Crippen molar-refractivity contribution in [3.63, 3.8) is 0 Å². The Balaban J connectivity index is 1.85. The standard InChI is InChI=1S/C19H24N2O2/c1-18(2)9-15-17(16(22)10-18)21(12-20-15)11-13-5-7-14(8-6-13)19(3,4)23/h5-8,12,23H,9-11H2,1-4H3. The van der Waals surface area contributed by atoms with Gasteiger partial charge in [0.15, 0.2) is 5.78 Å². The fraction of sp³-hybridized carbons (Fsp3) is 0.474. The van der Waals surface area contributed by atoms with E-state index in [1.54, 1.807) is 20.2 Å². The van der Waals surface area contributed by atoms with Crippen LogP contribution in [-0.4, -0.2) is 20.4 Å². The molecule has 1 aromatic carbocycles. The summed E-state index contributed by atoms with van der Waals surface area (Å²) in [6, 6.07) is 7.86. The molecule has 23 heavy (non-hydrogen) atoms. The highest BCUT2D eigenvalue weighted by atomic mass is 16.3. The molecule has 1 aromatic heterocycles. The van der Waals surface area contributed by atoms with Gasteiger partial charge in [0.2, 0.25) is 0 Å². The van der Waals surface area contributed by atoms with Crippen LogP contribution in [0.1, 0.15) is 61.4 Å². The summed E-state index contributed by atoms with van der Waals surface area (Å²) in [5.74, 6) is 0.182. The molecule has 0 unspecified atom stereocenters. The molecule has 1 aliphatic rings. The highest BCUT2D eigenvalue weighted by molar-refractivity contribution is 5.97. The second-order valence-electron chi connectivity index (χ2n) is 7.86. The SMILES string of the molecule is CC1(C)CC(=O)c2c(ncn2Cc2ccc(C(C)(C)O)cc2)C1. The van der Waals surface area contributed by atoms with Crippen LogP contribution in [0.15, 0.2) is 30.6 Å². The molecule has 0 aliphatic heterocycles. The number of nitrogens with zero attached hydrogens (tertiary/aromatic N) is 2. The van der Waals surface area contributed by atoms with Crippen molar-refractivity contribution in [1.82, 2.24) is 9.55 Å². The van der Waals surface area contributed by atoms with E-state index in [9.17, 15) is 9.90 Å². The molecule has 0 saturated carbocycles. The zero-order valence-electron chi connectivity index (χ0n) is 14.3. The monoisotopic (exact) mass is 312 g/mol. The van der Waals surface area contributed by atoms with Crippen LogP contribution >= 0.6 is 0 Å². The van der Waals surface area contributed by atoms with Crippen LogP contribution in [0.5, 0.6) is 0 Å².